The highest BCUT2D eigenvalue weighted by molar-refractivity contribution is 5.98. The van der Waals surface area contributed by atoms with E-state index < -0.39 is 5.92 Å². The number of hydrogen-bond acceptors (Lipinski definition) is 3. The average molecular weight is 402 g/mol. The molecular formula is C23H29F2N3O. The number of hydrogen-bond donors (Lipinski definition) is 0. The van der Waals surface area contributed by atoms with E-state index in [1.807, 2.05) is 12.1 Å². The molecule has 2 aliphatic rings. The molecule has 0 atom stereocenters. The van der Waals surface area contributed by atoms with Gasteiger partial charge in [0.2, 0.25) is 0 Å². The molecule has 0 N–H and O–H groups in total. The summed E-state index contributed by atoms with van der Waals surface area (Å²) >= 11 is 0. The van der Waals surface area contributed by atoms with E-state index in [-0.39, 0.29) is 11.3 Å². The minimum absolute atomic E-state index is 0.0750. The number of piperazine rings is 1. The number of fused-ring (bicyclic) bond motifs is 1. The predicted octanol–water partition coefficient (Wildman–Crippen LogP) is 4.33. The minimum Gasteiger partial charge on any atom is -0.369 e. The first kappa shape index (κ1) is 20.1. The Labute approximate surface area is 171 Å². The molecule has 4 rings (SSSR count). The lowest BCUT2D eigenvalue weighted by atomic mass is 9.97. The molecule has 4 nitrogen and oxygen atoms in total. The maximum Gasteiger partial charge on any atom is 0.270 e. The highest BCUT2D eigenvalue weighted by Crippen LogP contribution is 2.30. The quantitative estimate of drug-likeness (QED) is 0.721. The van der Waals surface area contributed by atoms with E-state index in [0.29, 0.717) is 6.42 Å². The van der Waals surface area contributed by atoms with Gasteiger partial charge in [0.1, 0.15) is 0 Å². The summed E-state index contributed by atoms with van der Waals surface area (Å²) < 4.78 is 29.4. The SMILES string of the molecule is CC(F)(F)c1cccc(N2CCN(CCCn3ccc4c3CCCC4=O)CC2)c1. The molecule has 1 fully saturated rings. The van der Waals surface area contributed by atoms with Crippen molar-refractivity contribution in [3.8, 4) is 0 Å². The topological polar surface area (TPSA) is 28.5 Å². The van der Waals surface area contributed by atoms with Crippen LogP contribution in [0, 0.1) is 0 Å². The van der Waals surface area contributed by atoms with Crippen LogP contribution in [0.5, 0.6) is 0 Å². The monoisotopic (exact) mass is 401 g/mol. The van der Waals surface area contributed by atoms with E-state index in [9.17, 15) is 13.6 Å². The van der Waals surface area contributed by atoms with Crippen molar-refractivity contribution in [3.05, 3.63) is 53.3 Å². The number of anilines is 1. The van der Waals surface area contributed by atoms with Gasteiger partial charge >= 0.3 is 0 Å². The molecule has 1 saturated heterocycles. The van der Waals surface area contributed by atoms with Gasteiger partial charge in [0.15, 0.2) is 5.78 Å². The van der Waals surface area contributed by atoms with Crippen LogP contribution < -0.4 is 4.90 Å². The van der Waals surface area contributed by atoms with Crippen molar-refractivity contribution in [1.82, 2.24) is 9.47 Å². The molecule has 0 radical (unpaired) electrons. The molecule has 0 amide bonds. The van der Waals surface area contributed by atoms with E-state index in [4.69, 9.17) is 0 Å². The zero-order chi connectivity index (χ0) is 20.4. The Hall–Kier alpha value is -2.21. The van der Waals surface area contributed by atoms with Crippen molar-refractivity contribution in [2.24, 2.45) is 0 Å². The summed E-state index contributed by atoms with van der Waals surface area (Å²) in [6.07, 6.45) is 5.75. The number of benzene rings is 1. The number of carbonyl (C=O) groups excluding carboxylic acids is 1. The van der Waals surface area contributed by atoms with Crippen molar-refractivity contribution < 1.29 is 13.6 Å². The summed E-state index contributed by atoms with van der Waals surface area (Å²) in [5.41, 5.74) is 3.08. The molecule has 1 aromatic carbocycles. The third-order valence-electron chi connectivity index (χ3n) is 6.16. The second kappa shape index (κ2) is 8.27. The van der Waals surface area contributed by atoms with Crippen molar-refractivity contribution in [1.29, 1.82) is 0 Å². The molecule has 29 heavy (non-hydrogen) atoms. The number of ketones is 1. The van der Waals surface area contributed by atoms with Gasteiger partial charge in [-0.05, 0) is 44.0 Å². The third kappa shape index (κ3) is 4.53. The van der Waals surface area contributed by atoms with Crippen LogP contribution in [0.15, 0.2) is 36.5 Å². The zero-order valence-corrected chi connectivity index (χ0v) is 17.0. The highest BCUT2D eigenvalue weighted by atomic mass is 19.3. The third-order valence-corrected chi connectivity index (χ3v) is 6.16. The van der Waals surface area contributed by atoms with Crippen LogP contribution in [-0.2, 0) is 18.9 Å². The zero-order valence-electron chi connectivity index (χ0n) is 17.0. The van der Waals surface area contributed by atoms with Gasteiger partial charge in [-0.3, -0.25) is 9.69 Å². The first-order valence-corrected chi connectivity index (χ1v) is 10.6. The Morgan fingerprint density at radius 1 is 1.03 bits per heavy atom. The van der Waals surface area contributed by atoms with Gasteiger partial charge in [-0.15, -0.1) is 0 Å². The molecule has 0 unspecified atom stereocenters. The molecule has 1 aliphatic heterocycles. The maximum atomic E-state index is 13.6. The number of alkyl halides is 2. The molecule has 2 heterocycles. The van der Waals surface area contributed by atoms with E-state index in [2.05, 4.69) is 20.6 Å². The second-order valence-electron chi connectivity index (χ2n) is 8.27. The Bertz CT molecular complexity index is 863. The molecule has 1 aliphatic carbocycles. The Morgan fingerprint density at radius 3 is 2.59 bits per heavy atom. The van der Waals surface area contributed by atoms with Crippen LogP contribution in [0.1, 0.15) is 47.8 Å². The number of aromatic nitrogens is 1. The van der Waals surface area contributed by atoms with Crippen LogP contribution in [0.3, 0.4) is 0 Å². The summed E-state index contributed by atoms with van der Waals surface area (Å²) in [7, 11) is 0. The van der Waals surface area contributed by atoms with Crippen molar-refractivity contribution in [2.75, 3.05) is 37.6 Å². The van der Waals surface area contributed by atoms with Gasteiger partial charge in [0.25, 0.3) is 5.92 Å². The Kier molecular flexibility index (Phi) is 5.72. The van der Waals surface area contributed by atoms with Crippen LogP contribution in [0.4, 0.5) is 14.5 Å². The van der Waals surface area contributed by atoms with Crippen LogP contribution in [-0.4, -0.2) is 48.0 Å². The van der Waals surface area contributed by atoms with Gasteiger partial charge in [0, 0.05) is 74.8 Å². The molecule has 0 saturated carbocycles. The smallest absolute Gasteiger partial charge is 0.270 e. The number of Topliss-reactive ketones (excluding diaryl/α,β-unsaturated/α-hetero) is 1. The number of nitrogens with zero attached hydrogens (tertiary/aromatic N) is 3. The normalized spacial score (nSPS) is 18.2. The Balaban J connectivity index is 1.26. The van der Waals surface area contributed by atoms with Gasteiger partial charge in [-0.1, -0.05) is 12.1 Å². The fraction of sp³-hybridized carbons (Fsp3) is 0.522. The van der Waals surface area contributed by atoms with Crippen molar-refractivity contribution in [2.45, 2.75) is 45.1 Å². The summed E-state index contributed by atoms with van der Waals surface area (Å²) in [6.45, 7) is 6.49. The largest absolute Gasteiger partial charge is 0.369 e. The number of rotatable bonds is 6. The van der Waals surface area contributed by atoms with Crippen molar-refractivity contribution >= 4 is 11.5 Å². The van der Waals surface area contributed by atoms with Crippen LogP contribution >= 0.6 is 0 Å². The van der Waals surface area contributed by atoms with E-state index in [1.54, 1.807) is 12.1 Å². The number of aryl methyl sites for hydroxylation is 1. The molecule has 0 spiro atoms. The van der Waals surface area contributed by atoms with Gasteiger partial charge in [-0.25, -0.2) is 8.78 Å². The first-order chi connectivity index (χ1) is 13.9. The lowest BCUT2D eigenvalue weighted by molar-refractivity contribution is 0.0175. The molecular weight excluding hydrogens is 372 g/mol. The fourth-order valence-electron chi connectivity index (χ4n) is 4.47. The highest BCUT2D eigenvalue weighted by Gasteiger charge is 2.26. The molecule has 6 heteroatoms. The number of halogens is 2. The Morgan fingerprint density at radius 2 is 1.83 bits per heavy atom. The maximum absolute atomic E-state index is 13.6. The summed E-state index contributed by atoms with van der Waals surface area (Å²) in [5, 5.41) is 0. The predicted molar refractivity (Wildman–Crippen MR) is 111 cm³/mol. The lowest BCUT2D eigenvalue weighted by Gasteiger charge is -2.36. The van der Waals surface area contributed by atoms with E-state index in [0.717, 1.165) is 76.7 Å². The van der Waals surface area contributed by atoms with Crippen LogP contribution in [0.2, 0.25) is 0 Å². The molecule has 0 bridgehead atoms. The fourth-order valence-corrected chi connectivity index (χ4v) is 4.47. The second-order valence-corrected chi connectivity index (χ2v) is 8.27. The first-order valence-electron chi connectivity index (χ1n) is 10.6. The summed E-state index contributed by atoms with van der Waals surface area (Å²) in [5.74, 6) is -2.52. The standard InChI is InChI=1S/C23H29F2N3O/c1-23(24,25)18-5-2-6-19(17-18)27-15-13-26(14-16-27)10-4-11-28-12-9-20-21(28)7-3-8-22(20)29/h2,5-6,9,12,17H,3-4,7-8,10-11,13-16H2,1H3. The van der Waals surface area contributed by atoms with Gasteiger partial charge in [-0.2, -0.15) is 0 Å². The summed E-state index contributed by atoms with van der Waals surface area (Å²) in [6, 6.07) is 8.72. The minimum atomic E-state index is -2.81. The van der Waals surface area contributed by atoms with Crippen molar-refractivity contribution in [3.63, 3.8) is 0 Å². The van der Waals surface area contributed by atoms with Gasteiger partial charge < -0.3 is 9.47 Å². The molecule has 156 valence electrons. The average Bonchev–Trinajstić information content (AvgIpc) is 3.13. The molecule has 1 aromatic heterocycles. The van der Waals surface area contributed by atoms with Crippen LogP contribution in [0.25, 0.3) is 0 Å². The van der Waals surface area contributed by atoms with Gasteiger partial charge in [0.05, 0.1) is 0 Å². The molecule has 2 aromatic rings. The van der Waals surface area contributed by atoms with E-state index in [1.165, 1.54) is 11.8 Å². The summed E-state index contributed by atoms with van der Waals surface area (Å²) in [4.78, 5) is 16.6. The lowest BCUT2D eigenvalue weighted by Crippen LogP contribution is -2.46. The number of carbonyl (C=O) groups is 1. The van der Waals surface area contributed by atoms with E-state index >= 15 is 0 Å².